The van der Waals surface area contributed by atoms with Gasteiger partial charge in [-0.2, -0.15) is 0 Å². The number of carbonyl (C=O) groups excluding carboxylic acids is 1. The minimum Gasteiger partial charge on any atom is -0.462 e. The normalized spacial score (nSPS) is 13.2. The van der Waals surface area contributed by atoms with Crippen LogP contribution in [0.1, 0.15) is 27.2 Å². The standard InChI is InChI=1S/C10H16O3/c1-5-6-8(11)7-13-9(12)10(2,3)4/h1,8,11H,6-7H2,2-4H3/t8-/m0/s1. The van der Waals surface area contributed by atoms with E-state index in [4.69, 9.17) is 16.3 Å². The fourth-order valence-electron chi connectivity index (χ4n) is 0.583. The second-order valence-corrected chi connectivity index (χ2v) is 3.91. The van der Waals surface area contributed by atoms with E-state index in [9.17, 15) is 4.79 Å². The lowest BCUT2D eigenvalue weighted by Gasteiger charge is -2.17. The summed E-state index contributed by atoms with van der Waals surface area (Å²) in [6.07, 6.45) is 4.42. The van der Waals surface area contributed by atoms with Crippen LogP contribution in [0.5, 0.6) is 0 Å². The summed E-state index contributed by atoms with van der Waals surface area (Å²) in [5.74, 6) is 1.96. The van der Waals surface area contributed by atoms with E-state index in [0.29, 0.717) is 0 Å². The fraction of sp³-hybridized carbons (Fsp3) is 0.700. The molecule has 0 rings (SSSR count). The van der Waals surface area contributed by atoms with Gasteiger partial charge in [-0.25, -0.2) is 0 Å². The largest absolute Gasteiger partial charge is 0.462 e. The molecule has 0 aliphatic carbocycles. The average Bonchev–Trinajstić information content (AvgIpc) is 1.99. The Balaban J connectivity index is 3.79. The molecule has 0 amide bonds. The highest BCUT2D eigenvalue weighted by molar-refractivity contribution is 5.75. The van der Waals surface area contributed by atoms with Crippen LogP contribution in [0, 0.1) is 17.8 Å². The van der Waals surface area contributed by atoms with Gasteiger partial charge in [0.15, 0.2) is 0 Å². The molecular weight excluding hydrogens is 168 g/mol. The van der Waals surface area contributed by atoms with E-state index in [-0.39, 0.29) is 19.0 Å². The molecule has 0 aromatic rings. The van der Waals surface area contributed by atoms with Gasteiger partial charge in [-0.1, -0.05) is 0 Å². The zero-order valence-corrected chi connectivity index (χ0v) is 8.33. The van der Waals surface area contributed by atoms with Crippen LogP contribution in [-0.2, 0) is 9.53 Å². The summed E-state index contributed by atoms with van der Waals surface area (Å²) >= 11 is 0. The van der Waals surface area contributed by atoms with Gasteiger partial charge < -0.3 is 9.84 Å². The van der Waals surface area contributed by atoms with Crippen molar-refractivity contribution in [2.75, 3.05) is 6.61 Å². The second kappa shape index (κ2) is 4.88. The summed E-state index contributed by atoms with van der Waals surface area (Å²) < 4.78 is 4.84. The Morgan fingerprint density at radius 3 is 2.54 bits per heavy atom. The molecule has 0 heterocycles. The summed E-state index contributed by atoms with van der Waals surface area (Å²) in [5, 5.41) is 9.14. The van der Waals surface area contributed by atoms with E-state index in [1.54, 1.807) is 20.8 Å². The third-order valence-electron chi connectivity index (χ3n) is 1.37. The third kappa shape index (κ3) is 5.26. The Bertz CT molecular complexity index is 207. The number of ether oxygens (including phenoxy) is 1. The Morgan fingerprint density at radius 2 is 2.15 bits per heavy atom. The summed E-state index contributed by atoms with van der Waals surface area (Å²) in [4.78, 5) is 11.2. The van der Waals surface area contributed by atoms with Crippen LogP contribution < -0.4 is 0 Å². The van der Waals surface area contributed by atoms with Crippen molar-refractivity contribution in [3.8, 4) is 12.3 Å². The smallest absolute Gasteiger partial charge is 0.311 e. The number of hydrogen-bond acceptors (Lipinski definition) is 3. The Hall–Kier alpha value is -1.01. The highest BCUT2D eigenvalue weighted by atomic mass is 16.5. The quantitative estimate of drug-likeness (QED) is 0.525. The molecule has 0 saturated carbocycles. The average molecular weight is 184 g/mol. The molecule has 0 saturated heterocycles. The van der Waals surface area contributed by atoms with Gasteiger partial charge in [0.05, 0.1) is 11.5 Å². The topological polar surface area (TPSA) is 46.5 Å². The molecule has 0 aromatic carbocycles. The first kappa shape index (κ1) is 12.0. The summed E-state index contributed by atoms with van der Waals surface area (Å²) in [6, 6.07) is 0. The number of aliphatic hydroxyl groups excluding tert-OH is 1. The summed E-state index contributed by atoms with van der Waals surface area (Å²) in [5.41, 5.74) is -0.532. The van der Waals surface area contributed by atoms with Crippen LogP contribution in [0.3, 0.4) is 0 Å². The first-order chi connectivity index (χ1) is 5.88. The van der Waals surface area contributed by atoms with Crippen molar-refractivity contribution in [2.45, 2.75) is 33.3 Å². The van der Waals surface area contributed by atoms with Gasteiger partial charge in [0.2, 0.25) is 0 Å². The highest BCUT2D eigenvalue weighted by Gasteiger charge is 2.23. The zero-order valence-electron chi connectivity index (χ0n) is 8.33. The molecule has 3 heteroatoms. The molecule has 13 heavy (non-hydrogen) atoms. The van der Waals surface area contributed by atoms with E-state index in [1.807, 2.05) is 0 Å². The van der Waals surface area contributed by atoms with Crippen LogP contribution >= 0.6 is 0 Å². The molecule has 3 nitrogen and oxygen atoms in total. The molecule has 0 radical (unpaired) electrons. The number of aliphatic hydroxyl groups is 1. The van der Waals surface area contributed by atoms with Crippen molar-refractivity contribution >= 4 is 5.97 Å². The van der Waals surface area contributed by atoms with E-state index in [2.05, 4.69) is 5.92 Å². The van der Waals surface area contributed by atoms with Gasteiger partial charge in [0.1, 0.15) is 6.61 Å². The van der Waals surface area contributed by atoms with Crippen molar-refractivity contribution in [2.24, 2.45) is 5.41 Å². The maximum Gasteiger partial charge on any atom is 0.311 e. The third-order valence-corrected chi connectivity index (χ3v) is 1.37. The van der Waals surface area contributed by atoms with Crippen LogP contribution in [0.15, 0.2) is 0 Å². The Morgan fingerprint density at radius 1 is 1.62 bits per heavy atom. The van der Waals surface area contributed by atoms with Crippen molar-refractivity contribution in [3.63, 3.8) is 0 Å². The molecule has 0 unspecified atom stereocenters. The molecule has 0 spiro atoms. The van der Waals surface area contributed by atoms with Crippen LogP contribution in [0.25, 0.3) is 0 Å². The predicted molar refractivity (Wildman–Crippen MR) is 49.9 cm³/mol. The number of esters is 1. The SMILES string of the molecule is C#CC[C@H](O)COC(=O)C(C)(C)C. The maximum atomic E-state index is 11.2. The van der Waals surface area contributed by atoms with Gasteiger partial charge in [0.25, 0.3) is 0 Å². The Kier molecular flexibility index (Phi) is 4.50. The number of hydrogen-bond donors (Lipinski definition) is 1. The lowest BCUT2D eigenvalue weighted by atomic mass is 9.97. The second-order valence-electron chi connectivity index (χ2n) is 3.91. The van der Waals surface area contributed by atoms with Crippen LogP contribution in [0.4, 0.5) is 0 Å². The molecular formula is C10H16O3. The molecule has 0 aliphatic rings. The minimum atomic E-state index is -0.753. The lowest BCUT2D eigenvalue weighted by molar-refractivity contribution is -0.155. The van der Waals surface area contributed by atoms with Gasteiger partial charge in [-0.15, -0.1) is 12.3 Å². The molecule has 0 aromatic heterocycles. The fourth-order valence-corrected chi connectivity index (χ4v) is 0.583. The Labute approximate surface area is 79.1 Å². The first-order valence-corrected chi connectivity index (χ1v) is 4.16. The molecule has 0 fully saturated rings. The van der Waals surface area contributed by atoms with Crippen LogP contribution in [0.2, 0.25) is 0 Å². The van der Waals surface area contributed by atoms with Crippen molar-refractivity contribution in [1.29, 1.82) is 0 Å². The van der Waals surface area contributed by atoms with Crippen molar-refractivity contribution < 1.29 is 14.6 Å². The summed E-state index contributed by atoms with van der Waals surface area (Å²) in [7, 11) is 0. The predicted octanol–water partition coefficient (Wildman–Crippen LogP) is 0.960. The van der Waals surface area contributed by atoms with E-state index in [0.717, 1.165) is 0 Å². The van der Waals surface area contributed by atoms with Gasteiger partial charge in [-0.3, -0.25) is 4.79 Å². The van der Waals surface area contributed by atoms with Crippen molar-refractivity contribution in [3.05, 3.63) is 0 Å². The summed E-state index contributed by atoms with van der Waals surface area (Å²) in [6.45, 7) is 5.23. The van der Waals surface area contributed by atoms with Gasteiger partial charge >= 0.3 is 5.97 Å². The number of carbonyl (C=O) groups is 1. The molecule has 1 atom stereocenters. The van der Waals surface area contributed by atoms with Gasteiger partial charge in [0, 0.05) is 6.42 Å². The number of rotatable bonds is 3. The molecule has 1 N–H and O–H groups in total. The van der Waals surface area contributed by atoms with E-state index >= 15 is 0 Å². The zero-order chi connectivity index (χ0) is 10.5. The highest BCUT2D eigenvalue weighted by Crippen LogP contribution is 2.15. The van der Waals surface area contributed by atoms with E-state index < -0.39 is 11.5 Å². The van der Waals surface area contributed by atoms with Gasteiger partial charge in [-0.05, 0) is 20.8 Å². The first-order valence-electron chi connectivity index (χ1n) is 4.16. The molecule has 0 aliphatic heterocycles. The lowest BCUT2D eigenvalue weighted by Crippen LogP contribution is -2.27. The van der Waals surface area contributed by atoms with Crippen molar-refractivity contribution in [1.82, 2.24) is 0 Å². The maximum absolute atomic E-state index is 11.2. The minimum absolute atomic E-state index is 0.0275. The molecule has 0 bridgehead atoms. The van der Waals surface area contributed by atoms with Crippen LogP contribution in [-0.4, -0.2) is 23.8 Å². The number of terminal acetylenes is 1. The van der Waals surface area contributed by atoms with E-state index in [1.165, 1.54) is 0 Å². The molecule has 74 valence electrons. The monoisotopic (exact) mass is 184 g/mol.